The van der Waals surface area contributed by atoms with E-state index in [4.69, 9.17) is 14.5 Å². The number of allylic oxidation sites excluding steroid dienone is 1. The van der Waals surface area contributed by atoms with Crippen LogP contribution in [0.25, 0.3) is 11.0 Å². The number of hydrogen-bond donors (Lipinski definition) is 2. The fourth-order valence-corrected chi connectivity index (χ4v) is 3.79. The van der Waals surface area contributed by atoms with Gasteiger partial charge in [0.25, 0.3) is 5.91 Å². The van der Waals surface area contributed by atoms with Gasteiger partial charge in [-0.25, -0.2) is 4.98 Å². The normalized spacial score (nSPS) is 17.6. The van der Waals surface area contributed by atoms with Crippen LogP contribution in [0.1, 0.15) is 18.5 Å². The third-order valence-electron chi connectivity index (χ3n) is 5.01. The lowest BCUT2D eigenvalue weighted by Gasteiger charge is -2.30. The highest BCUT2D eigenvalue weighted by Crippen LogP contribution is 2.42. The minimum atomic E-state index is -0.330. The van der Waals surface area contributed by atoms with Crippen LogP contribution >= 0.6 is 0 Å². The minimum absolute atomic E-state index is 0.133. The Labute approximate surface area is 155 Å². The fourth-order valence-electron chi connectivity index (χ4n) is 3.79. The summed E-state index contributed by atoms with van der Waals surface area (Å²) < 4.78 is 13.1. The lowest BCUT2D eigenvalue weighted by Crippen LogP contribution is -2.33. The summed E-state index contributed by atoms with van der Waals surface area (Å²) in [7, 11) is 1.64. The Morgan fingerprint density at radius 1 is 1.22 bits per heavy atom. The van der Waals surface area contributed by atoms with Crippen LogP contribution in [0.5, 0.6) is 11.5 Å². The number of imidazole rings is 1. The Morgan fingerprint density at radius 3 is 2.89 bits per heavy atom. The number of carbonyl (C=O) groups is 1. The van der Waals surface area contributed by atoms with E-state index in [-0.39, 0.29) is 18.7 Å². The van der Waals surface area contributed by atoms with Gasteiger partial charge in [0.2, 0.25) is 12.7 Å². The molecule has 1 aromatic heterocycles. The maximum absolute atomic E-state index is 12.8. The zero-order chi connectivity index (χ0) is 18.5. The highest BCUT2D eigenvalue weighted by Gasteiger charge is 2.34. The van der Waals surface area contributed by atoms with Gasteiger partial charge in [-0.2, -0.15) is 0 Å². The van der Waals surface area contributed by atoms with E-state index in [0.717, 1.165) is 22.3 Å². The molecule has 0 saturated heterocycles. The Hall–Kier alpha value is -3.48. The largest absolute Gasteiger partial charge is 0.454 e. The molecule has 27 heavy (non-hydrogen) atoms. The van der Waals surface area contributed by atoms with Crippen LogP contribution in [0, 0.1) is 0 Å². The van der Waals surface area contributed by atoms with Gasteiger partial charge in [0.1, 0.15) is 0 Å². The Bertz CT molecular complexity index is 1120. The first-order chi connectivity index (χ1) is 13.2. The second-order valence-corrected chi connectivity index (χ2v) is 6.55. The van der Waals surface area contributed by atoms with Crippen LogP contribution in [-0.2, 0) is 4.79 Å². The summed E-state index contributed by atoms with van der Waals surface area (Å²) in [6, 6.07) is 13.4. The van der Waals surface area contributed by atoms with Gasteiger partial charge in [0.15, 0.2) is 11.5 Å². The number of amides is 1. The third-order valence-corrected chi connectivity index (χ3v) is 5.01. The van der Waals surface area contributed by atoms with Gasteiger partial charge >= 0.3 is 0 Å². The maximum Gasteiger partial charge on any atom is 0.251 e. The number of fused-ring (bicyclic) bond motifs is 4. The monoisotopic (exact) mass is 362 g/mol. The Morgan fingerprint density at radius 2 is 2.04 bits per heavy atom. The maximum atomic E-state index is 12.8. The topological polar surface area (TPSA) is 77.4 Å². The van der Waals surface area contributed by atoms with E-state index >= 15 is 0 Å². The molecule has 2 N–H and O–H groups in total. The van der Waals surface area contributed by atoms with Gasteiger partial charge in [0.05, 0.1) is 22.6 Å². The van der Waals surface area contributed by atoms with Gasteiger partial charge in [-0.05, 0) is 36.8 Å². The summed E-state index contributed by atoms with van der Waals surface area (Å²) in [4.78, 5) is 17.5. The number of rotatable bonds is 2. The van der Waals surface area contributed by atoms with Crippen molar-refractivity contribution in [3.05, 3.63) is 59.3 Å². The van der Waals surface area contributed by atoms with E-state index < -0.39 is 0 Å². The molecule has 2 aliphatic rings. The van der Waals surface area contributed by atoms with Gasteiger partial charge in [-0.1, -0.05) is 18.2 Å². The molecule has 0 saturated carbocycles. The van der Waals surface area contributed by atoms with Crippen LogP contribution in [0.3, 0.4) is 0 Å². The summed E-state index contributed by atoms with van der Waals surface area (Å²) in [5.74, 6) is 1.98. The quantitative estimate of drug-likeness (QED) is 0.733. The van der Waals surface area contributed by atoms with Crippen molar-refractivity contribution in [2.75, 3.05) is 19.2 Å². The highest BCUT2D eigenvalue weighted by atomic mass is 16.7. The number of aromatic nitrogens is 2. The van der Waals surface area contributed by atoms with Crippen molar-refractivity contribution in [2.24, 2.45) is 0 Å². The van der Waals surface area contributed by atoms with E-state index in [1.165, 1.54) is 0 Å². The van der Waals surface area contributed by atoms with Crippen molar-refractivity contribution in [2.45, 2.75) is 13.0 Å². The minimum Gasteiger partial charge on any atom is -0.454 e. The molecule has 0 bridgehead atoms. The number of ether oxygens (including phenoxy) is 2. The fraction of sp³-hybridized carbons (Fsp3) is 0.200. The highest BCUT2D eigenvalue weighted by molar-refractivity contribution is 5.97. The lowest BCUT2D eigenvalue weighted by molar-refractivity contribution is -0.117. The number of carbonyl (C=O) groups excluding carboxylic acids is 1. The number of benzene rings is 2. The van der Waals surface area contributed by atoms with Crippen molar-refractivity contribution in [3.8, 4) is 11.5 Å². The summed E-state index contributed by atoms with van der Waals surface area (Å²) in [5, 5.41) is 6.04. The smallest absolute Gasteiger partial charge is 0.251 e. The SMILES string of the molecule is CNC(=O)C1=C(C)Nc2nc3ccccc3n2C1c1ccc2c(c1)OCO2. The van der Waals surface area contributed by atoms with E-state index in [9.17, 15) is 4.79 Å². The average Bonchev–Trinajstić information content (AvgIpc) is 3.29. The molecule has 3 heterocycles. The molecular weight excluding hydrogens is 344 g/mol. The predicted octanol–water partition coefficient (Wildman–Crippen LogP) is 2.80. The molecular formula is C20H18N4O3. The van der Waals surface area contributed by atoms with Gasteiger partial charge in [-0.15, -0.1) is 0 Å². The summed E-state index contributed by atoms with van der Waals surface area (Å²) in [6.45, 7) is 2.11. The number of nitrogens with one attached hydrogen (secondary N) is 2. The summed E-state index contributed by atoms with van der Waals surface area (Å²) in [5.41, 5.74) is 4.18. The predicted molar refractivity (Wildman–Crippen MR) is 101 cm³/mol. The zero-order valence-electron chi connectivity index (χ0n) is 14.9. The number of likely N-dealkylation sites (N-methyl/N-ethyl adjacent to an activating group) is 1. The van der Waals surface area contributed by atoms with Crippen LogP contribution < -0.4 is 20.1 Å². The second kappa shape index (κ2) is 5.77. The molecule has 1 amide bonds. The Balaban J connectivity index is 1.78. The number of hydrogen-bond acceptors (Lipinski definition) is 5. The molecule has 3 aromatic rings. The van der Waals surface area contributed by atoms with E-state index in [2.05, 4.69) is 15.2 Å². The number of anilines is 1. The van der Waals surface area contributed by atoms with Gasteiger partial charge < -0.3 is 20.1 Å². The summed E-state index contributed by atoms with van der Waals surface area (Å²) in [6.07, 6.45) is 0. The molecule has 0 spiro atoms. The van der Waals surface area contributed by atoms with E-state index in [0.29, 0.717) is 23.0 Å². The molecule has 1 unspecified atom stereocenters. The second-order valence-electron chi connectivity index (χ2n) is 6.55. The van der Waals surface area contributed by atoms with E-state index in [1.54, 1.807) is 7.05 Å². The first kappa shape index (κ1) is 15.7. The lowest BCUT2D eigenvalue weighted by atomic mass is 9.94. The van der Waals surface area contributed by atoms with Gasteiger partial charge in [-0.3, -0.25) is 9.36 Å². The van der Waals surface area contributed by atoms with Crippen molar-refractivity contribution in [3.63, 3.8) is 0 Å². The molecule has 7 heteroatoms. The Kier molecular flexibility index (Phi) is 3.36. The molecule has 0 aliphatic carbocycles. The van der Waals surface area contributed by atoms with Crippen molar-refractivity contribution < 1.29 is 14.3 Å². The molecule has 2 aromatic carbocycles. The van der Waals surface area contributed by atoms with Crippen molar-refractivity contribution >= 4 is 22.9 Å². The van der Waals surface area contributed by atoms with E-state index in [1.807, 2.05) is 49.4 Å². The molecule has 2 aliphatic heterocycles. The molecule has 1 atom stereocenters. The van der Waals surface area contributed by atoms with Crippen LogP contribution in [0.2, 0.25) is 0 Å². The van der Waals surface area contributed by atoms with Crippen LogP contribution in [0.4, 0.5) is 5.95 Å². The molecule has 5 rings (SSSR count). The molecule has 7 nitrogen and oxygen atoms in total. The molecule has 0 fully saturated rings. The first-order valence-corrected chi connectivity index (χ1v) is 8.74. The number of nitrogens with zero attached hydrogens (tertiary/aromatic N) is 2. The van der Waals surface area contributed by atoms with Crippen molar-refractivity contribution in [1.29, 1.82) is 0 Å². The first-order valence-electron chi connectivity index (χ1n) is 8.74. The summed E-state index contributed by atoms with van der Waals surface area (Å²) >= 11 is 0. The molecule has 136 valence electrons. The average molecular weight is 362 g/mol. The molecule has 0 radical (unpaired) electrons. The van der Waals surface area contributed by atoms with Gasteiger partial charge in [0, 0.05) is 12.7 Å². The van der Waals surface area contributed by atoms with Crippen molar-refractivity contribution in [1.82, 2.24) is 14.9 Å². The van der Waals surface area contributed by atoms with Crippen LogP contribution in [-0.4, -0.2) is 29.3 Å². The standard InChI is InChI=1S/C20H18N4O3/c1-11-17(19(25)21-2)18(12-7-8-15-16(9-12)27-10-26-15)24-14-6-4-3-5-13(14)23-20(24)22-11/h3-9,18H,10H2,1-2H3,(H,21,25)(H,22,23). The third kappa shape index (κ3) is 2.28. The number of para-hydroxylation sites is 2. The van der Waals surface area contributed by atoms with Crippen LogP contribution in [0.15, 0.2) is 53.7 Å². The zero-order valence-corrected chi connectivity index (χ0v) is 14.9.